The Balaban J connectivity index is 1.72. The number of carbonyl (C=O) groups is 2. The van der Waals surface area contributed by atoms with E-state index in [0.29, 0.717) is 19.6 Å². The van der Waals surface area contributed by atoms with Crippen LogP contribution in [-0.2, 0) is 4.79 Å². The van der Waals surface area contributed by atoms with E-state index in [1.165, 1.54) is 4.90 Å². The summed E-state index contributed by atoms with van der Waals surface area (Å²) in [5.74, 6) is -0.0993. The van der Waals surface area contributed by atoms with E-state index in [2.05, 4.69) is 4.90 Å². The third-order valence-corrected chi connectivity index (χ3v) is 4.45. The van der Waals surface area contributed by atoms with Gasteiger partial charge in [0, 0.05) is 32.7 Å². The van der Waals surface area contributed by atoms with Gasteiger partial charge in [-0.2, -0.15) is 0 Å². The van der Waals surface area contributed by atoms with Crippen molar-refractivity contribution in [3.8, 4) is 0 Å². The van der Waals surface area contributed by atoms with Crippen molar-refractivity contribution in [3.05, 3.63) is 0 Å². The molecular formula is C14H25N3O4. The van der Waals surface area contributed by atoms with Gasteiger partial charge in [0.05, 0.1) is 6.10 Å². The quantitative estimate of drug-likeness (QED) is 0.766. The largest absolute Gasteiger partial charge is 0.465 e. The molecule has 2 aliphatic rings. The van der Waals surface area contributed by atoms with Crippen LogP contribution in [0.3, 0.4) is 0 Å². The number of likely N-dealkylation sites (tertiary alicyclic amines) is 1. The van der Waals surface area contributed by atoms with Gasteiger partial charge >= 0.3 is 6.09 Å². The monoisotopic (exact) mass is 299 g/mol. The molecule has 2 fully saturated rings. The first-order valence-corrected chi connectivity index (χ1v) is 7.68. The fourth-order valence-electron chi connectivity index (χ4n) is 3.04. The maximum Gasteiger partial charge on any atom is 0.408 e. The lowest BCUT2D eigenvalue weighted by Crippen LogP contribution is -2.57. The fraction of sp³-hybridized carbons (Fsp3) is 0.857. The molecule has 0 aromatic heterocycles. The summed E-state index contributed by atoms with van der Waals surface area (Å²) in [6.45, 7) is 5.95. The molecule has 0 aromatic rings. The average Bonchev–Trinajstić information content (AvgIpc) is 2.45. The molecule has 0 aromatic carbocycles. The first kappa shape index (κ1) is 16.0. The summed E-state index contributed by atoms with van der Waals surface area (Å²) in [7, 11) is 0. The van der Waals surface area contributed by atoms with E-state index in [9.17, 15) is 14.7 Å². The van der Waals surface area contributed by atoms with Crippen molar-refractivity contribution in [3.63, 3.8) is 0 Å². The summed E-state index contributed by atoms with van der Waals surface area (Å²) in [5, 5.41) is 18.5. The van der Waals surface area contributed by atoms with Crippen molar-refractivity contribution in [1.29, 1.82) is 0 Å². The lowest BCUT2D eigenvalue weighted by Gasteiger charge is -2.38. The SMILES string of the molecule is CC1C(=O)N(CCCN2CCC(O)CC2)CCN1C(=O)O. The zero-order valence-corrected chi connectivity index (χ0v) is 12.6. The van der Waals surface area contributed by atoms with E-state index in [4.69, 9.17) is 5.11 Å². The van der Waals surface area contributed by atoms with Gasteiger partial charge in [-0.1, -0.05) is 0 Å². The van der Waals surface area contributed by atoms with Crippen LogP contribution in [0.2, 0.25) is 0 Å². The predicted molar refractivity (Wildman–Crippen MR) is 77.1 cm³/mol. The Morgan fingerprint density at radius 3 is 2.48 bits per heavy atom. The van der Waals surface area contributed by atoms with E-state index in [1.807, 2.05) is 0 Å². The zero-order valence-electron chi connectivity index (χ0n) is 12.6. The normalized spacial score (nSPS) is 25.4. The molecule has 21 heavy (non-hydrogen) atoms. The fourth-order valence-corrected chi connectivity index (χ4v) is 3.04. The summed E-state index contributed by atoms with van der Waals surface area (Å²) in [6, 6.07) is -0.582. The molecular weight excluding hydrogens is 274 g/mol. The van der Waals surface area contributed by atoms with Crippen LogP contribution in [0.25, 0.3) is 0 Å². The lowest BCUT2D eigenvalue weighted by molar-refractivity contribution is -0.139. The summed E-state index contributed by atoms with van der Waals surface area (Å²) < 4.78 is 0. The Labute approximate surface area is 125 Å². The van der Waals surface area contributed by atoms with Crippen LogP contribution in [0.4, 0.5) is 4.79 Å². The molecule has 2 saturated heterocycles. The first-order chi connectivity index (χ1) is 9.99. The van der Waals surface area contributed by atoms with E-state index in [-0.39, 0.29) is 12.0 Å². The molecule has 1 atom stereocenters. The molecule has 7 heteroatoms. The first-order valence-electron chi connectivity index (χ1n) is 7.68. The summed E-state index contributed by atoms with van der Waals surface area (Å²) >= 11 is 0. The highest BCUT2D eigenvalue weighted by molar-refractivity contribution is 5.86. The molecule has 2 aliphatic heterocycles. The van der Waals surface area contributed by atoms with Crippen LogP contribution in [0.1, 0.15) is 26.2 Å². The molecule has 0 radical (unpaired) electrons. The molecule has 0 aliphatic carbocycles. The van der Waals surface area contributed by atoms with Crippen molar-refractivity contribution in [2.75, 3.05) is 39.3 Å². The Morgan fingerprint density at radius 2 is 1.86 bits per heavy atom. The number of aliphatic hydroxyl groups excluding tert-OH is 1. The van der Waals surface area contributed by atoms with Crippen molar-refractivity contribution < 1.29 is 19.8 Å². The maximum absolute atomic E-state index is 12.1. The second-order valence-corrected chi connectivity index (χ2v) is 5.90. The van der Waals surface area contributed by atoms with E-state index in [0.717, 1.165) is 38.9 Å². The molecule has 7 nitrogen and oxygen atoms in total. The minimum atomic E-state index is -1.03. The Morgan fingerprint density at radius 1 is 1.19 bits per heavy atom. The molecule has 2 N–H and O–H groups in total. The second-order valence-electron chi connectivity index (χ2n) is 5.90. The van der Waals surface area contributed by atoms with Crippen LogP contribution >= 0.6 is 0 Å². The van der Waals surface area contributed by atoms with Crippen LogP contribution in [0, 0.1) is 0 Å². The third kappa shape index (κ3) is 4.07. The lowest BCUT2D eigenvalue weighted by atomic mass is 10.1. The van der Waals surface area contributed by atoms with Crippen LogP contribution in [0.15, 0.2) is 0 Å². The van der Waals surface area contributed by atoms with Crippen LogP contribution in [0.5, 0.6) is 0 Å². The molecule has 120 valence electrons. The number of hydrogen-bond donors (Lipinski definition) is 2. The number of carbonyl (C=O) groups excluding carboxylic acids is 1. The Kier molecular flexibility index (Phi) is 5.41. The van der Waals surface area contributed by atoms with Crippen molar-refractivity contribution >= 4 is 12.0 Å². The maximum atomic E-state index is 12.1. The van der Waals surface area contributed by atoms with E-state index < -0.39 is 12.1 Å². The minimum absolute atomic E-state index is 0.0993. The number of piperidine rings is 1. The van der Waals surface area contributed by atoms with Gasteiger partial charge < -0.3 is 20.0 Å². The highest BCUT2D eigenvalue weighted by Gasteiger charge is 2.33. The van der Waals surface area contributed by atoms with Gasteiger partial charge in [0.15, 0.2) is 0 Å². The molecule has 1 unspecified atom stereocenters. The van der Waals surface area contributed by atoms with Crippen molar-refractivity contribution in [2.45, 2.75) is 38.3 Å². The van der Waals surface area contributed by atoms with Crippen molar-refractivity contribution in [2.24, 2.45) is 0 Å². The topological polar surface area (TPSA) is 84.3 Å². The molecule has 0 bridgehead atoms. The van der Waals surface area contributed by atoms with Crippen molar-refractivity contribution in [1.82, 2.24) is 14.7 Å². The number of rotatable bonds is 4. The van der Waals surface area contributed by atoms with Gasteiger partial charge in [0.2, 0.25) is 5.91 Å². The minimum Gasteiger partial charge on any atom is -0.465 e. The van der Waals surface area contributed by atoms with Crippen LogP contribution in [-0.4, -0.2) is 88.3 Å². The van der Waals surface area contributed by atoms with Gasteiger partial charge in [-0.3, -0.25) is 9.69 Å². The molecule has 0 saturated carbocycles. The number of carboxylic acid groups (broad SMARTS) is 1. The highest BCUT2D eigenvalue weighted by atomic mass is 16.4. The van der Waals surface area contributed by atoms with Gasteiger partial charge in [-0.05, 0) is 32.7 Å². The zero-order chi connectivity index (χ0) is 15.4. The smallest absolute Gasteiger partial charge is 0.408 e. The van der Waals surface area contributed by atoms with Gasteiger partial charge in [-0.25, -0.2) is 4.79 Å². The molecule has 2 heterocycles. The summed E-state index contributed by atoms with van der Waals surface area (Å²) in [5.41, 5.74) is 0. The van der Waals surface area contributed by atoms with Gasteiger partial charge in [-0.15, -0.1) is 0 Å². The number of aliphatic hydroxyl groups is 1. The second kappa shape index (κ2) is 7.09. The van der Waals surface area contributed by atoms with E-state index in [1.54, 1.807) is 11.8 Å². The predicted octanol–water partition coefficient (Wildman–Crippen LogP) is 0.0439. The molecule has 2 rings (SSSR count). The Hall–Kier alpha value is -1.34. The number of amides is 2. The van der Waals surface area contributed by atoms with Crippen LogP contribution < -0.4 is 0 Å². The number of nitrogens with zero attached hydrogens (tertiary/aromatic N) is 3. The standard InChI is InChI=1S/C14H25N3O4/c1-11-13(19)16(9-10-17(11)14(20)21)6-2-5-15-7-3-12(18)4-8-15/h11-12,18H,2-10H2,1H3,(H,20,21). The van der Waals surface area contributed by atoms with E-state index >= 15 is 0 Å². The number of piperazine rings is 1. The van der Waals surface area contributed by atoms with Gasteiger partial charge in [0.1, 0.15) is 6.04 Å². The summed E-state index contributed by atoms with van der Waals surface area (Å²) in [4.78, 5) is 28.4. The highest BCUT2D eigenvalue weighted by Crippen LogP contribution is 2.13. The average molecular weight is 299 g/mol. The molecule has 0 spiro atoms. The summed E-state index contributed by atoms with van der Waals surface area (Å²) in [6.07, 6.45) is 1.36. The third-order valence-electron chi connectivity index (χ3n) is 4.45. The molecule has 2 amide bonds. The Bertz CT molecular complexity index is 382. The number of hydrogen-bond acceptors (Lipinski definition) is 4. The van der Waals surface area contributed by atoms with Gasteiger partial charge in [0.25, 0.3) is 0 Å².